The van der Waals surface area contributed by atoms with Crippen molar-refractivity contribution in [3.63, 3.8) is 0 Å². The van der Waals surface area contributed by atoms with E-state index in [1.165, 1.54) is 15.3 Å². The van der Waals surface area contributed by atoms with Crippen LogP contribution >= 0.6 is 0 Å². The Bertz CT molecular complexity index is 1200. The van der Waals surface area contributed by atoms with E-state index >= 15 is 0 Å². The van der Waals surface area contributed by atoms with Crippen molar-refractivity contribution in [3.05, 3.63) is 16.7 Å². The lowest BCUT2D eigenvalue weighted by Gasteiger charge is -2.38. The molecule has 34 heavy (non-hydrogen) atoms. The first kappa shape index (κ1) is 23.9. The van der Waals surface area contributed by atoms with Crippen LogP contribution in [0.1, 0.15) is 58.9 Å². The van der Waals surface area contributed by atoms with Gasteiger partial charge in [0.25, 0.3) is 0 Å². The summed E-state index contributed by atoms with van der Waals surface area (Å²) in [5.74, 6) is -0.922. The maximum atomic E-state index is 12.9. The lowest BCUT2D eigenvalue weighted by atomic mass is 9.88. The molecule has 2 saturated heterocycles. The van der Waals surface area contributed by atoms with Crippen LogP contribution in [0.15, 0.2) is 11.0 Å². The number of anilines is 1. The Morgan fingerprint density at radius 2 is 1.94 bits per heavy atom. The maximum Gasteiger partial charge on any atom is 0.330 e. The molecule has 2 aromatic rings. The minimum Gasteiger partial charge on any atom is -0.460 e. The van der Waals surface area contributed by atoms with E-state index in [0.717, 1.165) is 0 Å². The summed E-state index contributed by atoms with van der Waals surface area (Å²) in [6.07, 6.45) is 2.48. The molecule has 2 N–H and O–H groups in total. The van der Waals surface area contributed by atoms with Crippen molar-refractivity contribution >= 4 is 34.9 Å². The Morgan fingerprint density at radius 3 is 2.56 bits per heavy atom. The molecule has 4 heterocycles. The number of imide groups is 1. The number of hydrogen-bond acceptors (Lipinski definition) is 9. The lowest BCUT2D eigenvalue weighted by molar-refractivity contribution is -0.161. The highest BCUT2D eigenvalue weighted by Crippen LogP contribution is 2.29. The molecule has 2 aromatic heterocycles. The minimum atomic E-state index is -1.16. The quantitative estimate of drug-likeness (QED) is 0.467. The Morgan fingerprint density at radius 1 is 1.26 bits per heavy atom. The van der Waals surface area contributed by atoms with Gasteiger partial charge in [0.15, 0.2) is 5.65 Å². The predicted molar refractivity (Wildman–Crippen MR) is 121 cm³/mol. The molecule has 0 radical (unpaired) electrons. The summed E-state index contributed by atoms with van der Waals surface area (Å²) < 4.78 is 8.02. The number of aryl methyl sites for hydroxylation is 1. The zero-order valence-corrected chi connectivity index (χ0v) is 19.8. The van der Waals surface area contributed by atoms with E-state index in [2.05, 4.69) is 15.3 Å². The number of ether oxygens (including phenoxy) is 1. The standard InChI is InChI=1S/C22H30N6O6/c1-21(2,3)34-16(30)11-22(33)7-9-27(10-8-22)19-23-12-14-17(25-19)26(4)20(32)28(14)13-5-6-15(29)24-18(13)31/h12-13,33H,5-11H2,1-4H3,(H,24,29,31). The van der Waals surface area contributed by atoms with Crippen LogP contribution in [0.25, 0.3) is 11.2 Å². The molecule has 0 bridgehead atoms. The van der Waals surface area contributed by atoms with Crippen molar-refractivity contribution < 1.29 is 24.2 Å². The average Bonchev–Trinajstić information content (AvgIpc) is 2.97. The van der Waals surface area contributed by atoms with Crippen molar-refractivity contribution in [1.82, 2.24) is 24.4 Å². The molecular weight excluding hydrogens is 444 g/mol. The van der Waals surface area contributed by atoms with Crippen LogP contribution in [-0.4, -0.2) is 66.3 Å². The molecule has 2 aliphatic heterocycles. The third-order valence-electron chi connectivity index (χ3n) is 6.20. The number of fused-ring (bicyclic) bond motifs is 1. The number of aliphatic hydroxyl groups is 1. The molecule has 0 saturated carbocycles. The van der Waals surface area contributed by atoms with Crippen LogP contribution in [0, 0.1) is 0 Å². The smallest absolute Gasteiger partial charge is 0.330 e. The van der Waals surface area contributed by atoms with E-state index < -0.39 is 34.8 Å². The Labute approximate surface area is 195 Å². The fraction of sp³-hybridized carbons (Fsp3) is 0.636. The van der Waals surface area contributed by atoms with Gasteiger partial charge < -0.3 is 14.7 Å². The molecule has 2 fully saturated rings. The van der Waals surface area contributed by atoms with Gasteiger partial charge in [0, 0.05) is 26.6 Å². The summed E-state index contributed by atoms with van der Waals surface area (Å²) in [6.45, 7) is 6.20. The number of rotatable bonds is 4. The van der Waals surface area contributed by atoms with Crippen molar-refractivity contribution in [2.24, 2.45) is 7.05 Å². The van der Waals surface area contributed by atoms with E-state index in [1.807, 2.05) is 4.90 Å². The maximum absolute atomic E-state index is 12.9. The molecule has 184 valence electrons. The Balaban J connectivity index is 1.52. The second kappa shape index (κ2) is 8.49. The van der Waals surface area contributed by atoms with E-state index in [9.17, 15) is 24.3 Å². The molecule has 12 nitrogen and oxygen atoms in total. The third kappa shape index (κ3) is 4.67. The predicted octanol–water partition coefficient (Wildman–Crippen LogP) is 0.171. The summed E-state index contributed by atoms with van der Waals surface area (Å²) in [5.41, 5.74) is -1.41. The first-order valence-electron chi connectivity index (χ1n) is 11.3. The number of imidazole rings is 1. The summed E-state index contributed by atoms with van der Waals surface area (Å²) in [4.78, 5) is 59.7. The van der Waals surface area contributed by atoms with Gasteiger partial charge in [-0.15, -0.1) is 0 Å². The summed E-state index contributed by atoms with van der Waals surface area (Å²) >= 11 is 0. The zero-order valence-electron chi connectivity index (χ0n) is 19.8. The van der Waals surface area contributed by atoms with Crippen molar-refractivity contribution in [1.29, 1.82) is 0 Å². The number of nitrogens with one attached hydrogen (secondary N) is 1. The Hall–Kier alpha value is -3.28. The Kier molecular flexibility index (Phi) is 5.96. The van der Waals surface area contributed by atoms with Gasteiger partial charge in [0.1, 0.15) is 17.2 Å². The van der Waals surface area contributed by atoms with Crippen molar-refractivity contribution in [3.8, 4) is 0 Å². The van der Waals surface area contributed by atoms with Gasteiger partial charge >= 0.3 is 11.7 Å². The monoisotopic (exact) mass is 474 g/mol. The van der Waals surface area contributed by atoms with Crippen LogP contribution in [0.3, 0.4) is 0 Å². The van der Waals surface area contributed by atoms with Crippen LogP contribution < -0.4 is 15.9 Å². The number of piperidine rings is 2. The van der Waals surface area contributed by atoms with Crippen LogP contribution in [-0.2, 0) is 26.2 Å². The number of nitrogens with zero attached hydrogens (tertiary/aromatic N) is 5. The highest BCUT2D eigenvalue weighted by Gasteiger charge is 2.37. The molecule has 2 aliphatic rings. The zero-order chi connectivity index (χ0) is 24.8. The van der Waals surface area contributed by atoms with Gasteiger partial charge in [-0.2, -0.15) is 4.98 Å². The molecule has 12 heteroatoms. The van der Waals surface area contributed by atoms with Gasteiger partial charge in [0.2, 0.25) is 17.8 Å². The molecule has 2 amide bonds. The van der Waals surface area contributed by atoms with E-state index in [0.29, 0.717) is 43.0 Å². The first-order chi connectivity index (χ1) is 15.9. The normalized spacial score (nSPS) is 21.0. The number of aromatic nitrogens is 4. The van der Waals surface area contributed by atoms with E-state index in [-0.39, 0.29) is 25.2 Å². The van der Waals surface area contributed by atoms with Gasteiger partial charge in [-0.3, -0.25) is 28.8 Å². The van der Waals surface area contributed by atoms with Crippen LogP contribution in [0.2, 0.25) is 0 Å². The fourth-order valence-corrected chi connectivity index (χ4v) is 4.46. The highest BCUT2D eigenvalue weighted by molar-refractivity contribution is 6.00. The number of carbonyl (C=O) groups excluding carboxylic acids is 3. The van der Waals surface area contributed by atoms with Gasteiger partial charge in [0.05, 0.1) is 18.2 Å². The molecule has 0 spiro atoms. The molecule has 1 unspecified atom stereocenters. The summed E-state index contributed by atoms with van der Waals surface area (Å²) in [7, 11) is 1.57. The van der Waals surface area contributed by atoms with Crippen LogP contribution in [0.4, 0.5) is 5.95 Å². The van der Waals surface area contributed by atoms with Gasteiger partial charge in [-0.25, -0.2) is 9.78 Å². The number of carbonyl (C=O) groups is 3. The molecule has 0 aliphatic carbocycles. The minimum absolute atomic E-state index is 0.0820. The number of esters is 1. The molecular formula is C22H30N6O6. The lowest BCUT2D eigenvalue weighted by Crippen LogP contribution is -2.46. The first-order valence-corrected chi connectivity index (χ1v) is 11.3. The third-order valence-corrected chi connectivity index (χ3v) is 6.20. The van der Waals surface area contributed by atoms with E-state index in [1.54, 1.807) is 27.8 Å². The van der Waals surface area contributed by atoms with Crippen molar-refractivity contribution in [2.75, 3.05) is 18.0 Å². The number of hydrogen-bond donors (Lipinski definition) is 2. The second-order valence-electron chi connectivity index (χ2n) is 10.0. The SMILES string of the molecule is Cn1c(=O)n(C2CCC(=O)NC2=O)c2cnc(N3CCC(O)(CC(=O)OC(C)(C)C)CC3)nc21. The van der Waals surface area contributed by atoms with Crippen LogP contribution in [0.5, 0.6) is 0 Å². The van der Waals surface area contributed by atoms with E-state index in [4.69, 9.17) is 4.74 Å². The molecule has 1 atom stereocenters. The number of amides is 2. The fourth-order valence-electron chi connectivity index (χ4n) is 4.46. The average molecular weight is 475 g/mol. The topological polar surface area (TPSA) is 149 Å². The van der Waals surface area contributed by atoms with Crippen molar-refractivity contribution in [2.45, 2.75) is 70.1 Å². The summed E-state index contributed by atoms with van der Waals surface area (Å²) in [5, 5.41) is 13.1. The van der Waals surface area contributed by atoms with Gasteiger partial charge in [-0.1, -0.05) is 0 Å². The largest absolute Gasteiger partial charge is 0.460 e. The molecule has 4 rings (SSSR count). The summed E-state index contributed by atoms with van der Waals surface area (Å²) in [6, 6.07) is -0.804. The van der Waals surface area contributed by atoms with Gasteiger partial charge in [-0.05, 0) is 40.0 Å². The highest BCUT2D eigenvalue weighted by atomic mass is 16.6. The second-order valence-corrected chi connectivity index (χ2v) is 10.0. The molecule has 0 aromatic carbocycles.